The number of anilines is 1. The van der Waals surface area contributed by atoms with Gasteiger partial charge in [-0.25, -0.2) is 4.79 Å². The van der Waals surface area contributed by atoms with Gasteiger partial charge < -0.3 is 9.84 Å². The second-order valence-corrected chi connectivity index (χ2v) is 6.82. The largest absolute Gasteiger partial charge is 0.443 e. The van der Waals surface area contributed by atoms with Crippen molar-refractivity contribution >= 4 is 11.8 Å². The van der Waals surface area contributed by atoms with Crippen LogP contribution in [0.3, 0.4) is 0 Å². The first kappa shape index (κ1) is 14.9. The Morgan fingerprint density at radius 3 is 2.55 bits per heavy atom. The number of hydrogen-bond donors (Lipinski definition) is 1. The van der Waals surface area contributed by atoms with Gasteiger partial charge in [0.05, 0.1) is 17.3 Å². The molecule has 1 aromatic carbocycles. The summed E-state index contributed by atoms with van der Waals surface area (Å²) in [5, 5.41) is 10.4. The van der Waals surface area contributed by atoms with E-state index in [-0.39, 0.29) is 0 Å². The van der Waals surface area contributed by atoms with Crippen molar-refractivity contribution < 1.29 is 14.6 Å². The quantitative estimate of drug-likeness (QED) is 0.792. The lowest BCUT2D eigenvalue weighted by atomic mass is 9.84. The number of carbonyl (C=O) groups excluding carboxylic acids is 1. The van der Waals surface area contributed by atoms with Gasteiger partial charge in [-0.1, -0.05) is 18.2 Å². The van der Waals surface area contributed by atoms with Gasteiger partial charge in [0, 0.05) is 6.42 Å². The second-order valence-electron chi connectivity index (χ2n) is 6.82. The average molecular weight is 277 g/mol. The molecule has 1 aliphatic rings. The normalized spacial score (nSPS) is 21.3. The molecule has 1 atom stereocenters. The highest BCUT2D eigenvalue weighted by atomic mass is 16.6. The maximum atomic E-state index is 12.5. The van der Waals surface area contributed by atoms with Gasteiger partial charge in [0.1, 0.15) is 5.60 Å². The van der Waals surface area contributed by atoms with Crippen molar-refractivity contribution in [3.63, 3.8) is 0 Å². The number of carbonyl (C=O) groups is 1. The van der Waals surface area contributed by atoms with Crippen LogP contribution < -0.4 is 4.90 Å². The van der Waals surface area contributed by atoms with Crippen molar-refractivity contribution in [1.82, 2.24) is 0 Å². The Labute approximate surface area is 120 Å². The van der Waals surface area contributed by atoms with Gasteiger partial charge in [-0.15, -0.1) is 0 Å². The van der Waals surface area contributed by atoms with E-state index in [4.69, 9.17) is 4.74 Å². The molecule has 1 aliphatic heterocycles. The van der Waals surface area contributed by atoms with Crippen molar-refractivity contribution in [2.45, 2.75) is 58.3 Å². The summed E-state index contributed by atoms with van der Waals surface area (Å²) in [5.41, 5.74) is 0.517. The number of benzene rings is 1. The van der Waals surface area contributed by atoms with E-state index in [1.54, 1.807) is 4.90 Å². The minimum absolute atomic E-state index is 0.423. The van der Waals surface area contributed by atoms with E-state index in [1.807, 2.05) is 58.9 Å². The first-order chi connectivity index (χ1) is 9.13. The van der Waals surface area contributed by atoms with Gasteiger partial charge in [-0.3, -0.25) is 4.90 Å². The number of amides is 1. The number of hydrogen-bond acceptors (Lipinski definition) is 3. The van der Waals surface area contributed by atoms with Gasteiger partial charge in [0.2, 0.25) is 0 Å². The molecule has 20 heavy (non-hydrogen) atoms. The lowest BCUT2D eigenvalue weighted by Crippen LogP contribution is -2.59. The molecule has 0 aliphatic carbocycles. The molecule has 0 spiro atoms. The van der Waals surface area contributed by atoms with Crippen molar-refractivity contribution in [1.29, 1.82) is 0 Å². The van der Waals surface area contributed by atoms with E-state index in [9.17, 15) is 9.90 Å². The minimum Gasteiger partial charge on any atom is -0.443 e. The Balaban J connectivity index is 2.45. The highest BCUT2D eigenvalue weighted by Gasteiger charge is 2.44. The fourth-order valence-electron chi connectivity index (χ4n) is 2.46. The first-order valence-electron chi connectivity index (χ1n) is 6.92. The van der Waals surface area contributed by atoms with Crippen molar-refractivity contribution in [3.8, 4) is 0 Å². The average Bonchev–Trinajstić information content (AvgIpc) is 2.27. The highest BCUT2D eigenvalue weighted by Crippen LogP contribution is 2.37. The number of fused-ring (bicyclic) bond motifs is 1. The first-order valence-corrected chi connectivity index (χ1v) is 6.92. The van der Waals surface area contributed by atoms with E-state index >= 15 is 0 Å². The molecular formula is C16H23NO3. The van der Waals surface area contributed by atoms with Gasteiger partial charge >= 0.3 is 6.09 Å². The number of nitrogens with zero attached hydrogens (tertiary/aromatic N) is 1. The summed E-state index contributed by atoms with van der Waals surface area (Å²) in [6, 6.07) is 7.64. The topological polar surface area (TPSA) is 49.8 Å². The molecule has 110 valence electrons. The Bertz CT molecular complexity index is 517. The predicted molar refractivity (Wildman–Crippen MR) is 78.9 cm³/mol. The molecule has 4 nitrogen and oxygen atoms in total. The molecule has 1 amide bonds. The molecule has 0 fully saturated rings. The number of para-hydroxylation sites is 1. The van der Waals surface area contributed by atoms with Gasteiger partial charge in [0.15, 0.2) is 0 Å². The summed E-state index contributed by atoms with van der Waals surface area (Å²) >= 11 is 0. The van der Waals surface area contributed by atoms with E-state index in [0.717, 1.165) is 11.3 Å². The summed E-state index contributed by atoms with van der Waals surface area (Å²) < 4.78 is 5.49. The SMILES string of the molecule is CC(C)(C)OC(=O)N1c2ccccc2CC(O)C1(C)C. The van der Waals surface area contributed by atoms with Gasteiger partial charge in [-0.2, -0.15) is 0 Å². The summed E-state index contributed by atoms with van der Waals surface area (Å²) in [7, 11) is 0. The van der Waals surface area contributed by atoms with E-state index in [2.05, 4.69) is 0 Å². The Morgan fingerprint density at radius 1 is 1.35 bits per heavy atom. The molecule has 0 radical (unpaired) electrons. The van der Waals surface area contributed by atoms with E-state index < -0.39 is 23.3 Å². The predicted octanol–water partition coefficient (Wildman–Crippen LogP) is 3.12. The zero-order chi connectivity index (χ0) is 15.1. The maximum absolute atomic E-state index is 12.5. The Hall–Kier alpha value is -1.55. The van der Waals surface area contributed by atoms with Crippen LogP contribution in [0.15, 0.2) is 24.3 Å². The molecular weight excluding hydrogens is 254 g/mol. The van der Waals surface area contributed by atoms with Crippen LogP contribution in [0.5, 0.6) is 0 Å². The minimum atomic E-state index is -0.698. The molecule has 0 saturated carbocycles. The maximum Gasteiger partial charge on any atom is 0.415 e. The standard InChI is InChI=1S/C16H23NO3/c1-15(2,3)20-14(19)17-12-9-7-6-8-11(12)10-13(18)16(17,4)5/h6-9,13,18H,10H2,1-5H3. The third-order valence-electron chi connectivity index (χ3n) is 3.61. The van der Waals surface area contributed by atoms with Crippen LogP contribution in [0.25, 0.3) is 0 Å². The molecule has 1 unspecified atom stereocenters. The molecule has 1 aromatic rings. The highest BCUT2D eigenvalue weighted by molar-refractivity contribution is 5.91. The van der Waals surface area contributed by atoms with Crippen molar-refractivity contribution in [3.05, 3.63) is 29.8 Å². The lowest BCUT2D eigenvalue weighted by Gasteiger charge is -2.46. The van der Waals surface area contributed by atoms with Crippen LogP contribution in [0.1, 0.15) is 40.2 Å². The molecule has 4 heteroatoms. The Morgan fingerprint density at radius 2 is 1.95 bits per heavy atom. The van der Waals surface area contributed by atoms with Crippen molar-refractivity contribution in [2.24, 2.45) is 0 Å². The molecule has 0 saturated heterocycles. The molecule has 2 rings (SSSR count). The number of ether oxygens (including phenoxy) is 1. The fraction of sp³-hybridized carbons (Fsp3) is 0.562. The molecule has 1 heterocycles. The van der Waals surface area contributed by atoms with Gasteiger partial charge in [0.25, 0.3) is 0 Å². The Kier molecular flexibility index (Phi) is 3.54. The van der Waals surface area contributed by atoms with Crippen molar-refractivity contribution in [2.75, 3.05) is 4.90 Å². The van der Waals surface area contributed by atoms with E-state index in [0.29, 0.717) is 6.42 Å². The number of aliphatic hydroxyl groups excluding tert-OH is 1. The van der Waals surface area contributed by atoms with Crippen LogP contribution in [0, 0.1) is 0 Å². The summed E-state index contributed by atoms with van der Waals surface area (Å²) in [6.07, 6.45) is -0.499. The third-order valence-corrected chi connectivity index (χ3v) is 3.61. The lowest BCUT2D eigenvalue weighted by molar-refractivity contribution is 0.0398. The zero-order valence-corrected chi connectivity index (χ0v) is 12.8. The van der Waals surface area contributed by atoms with Gasteiger partial charge in [-0.05, 0) is 46.2 Å². The second kappa shape index (κ2) is 4.77. The summed E-state index contributed by atoms with van der Waals surface area (Å²) in [6.45, 7) is 9.23. The molecule has 0 bridgehead atoms. The van der Waals surface area contributed by atoms with Crippen LogP contribution in [0.4, 0.5) is 10.5 Å². The van der Waals surface area contributed by atoms with Crippen LogP contribution >= 0.6 is 0 Å². The summed E-state index contributed by atoms with van der Waals surface area (Å²) in [5.74, 6) is 0. The molecule has 0 aromatic heterocycles. The van der Waals surface area contributed by atoms with Crippen LogP contribution in [-0.4, -0.2) is 28.4 Å². The zero-order valence-electron chi connectivity index (χ0n) is 12.8. The monoisotopic (exact) mass is 277 g/mol. The third kappa shape index (κ3) is 2.66. The van der Waals surface area contributed by atoms with Crippen LogP contribution in [0.2, 0.25) is 0 Å². The van der Waals surface area contributed by atoms with E-state index in [1.165, 1.54) is 0 Å². The number of rotatable bonds is 0. The number of aliphatic hydroxyl groups is 1. The molecule has 1 N–H and O–H groups in total. The smallest absolute Gasteiger partial charge is 0.415 e. The fourth-order valence-corrected chi connectivity index (χ4v) is 2.46. The summed E-state index contributed by atoms with van der Waals surface area (Å²) in [4.78, 5) is 14.1. The van der Waals surface area contributed by atoms with Crippen LogP contribution in [-0.2, 0) is 11.2 Å².